The maximum Gasteiger partial charge on any atom is 0.322 e. The number of rotatable bonds is 8. The van der Waals surface area contributed by atoms with E-state index >= 15 is 0 Å². The van der Waals surface area contributed by atoms with E-state index in [0.717, 1.165) is 0 Å². The van der Waals surface area contributed by atoms with E-state index in [2.05, 4.69) is 9.44 Å². The molecule has 0 amide bonds. The van der Waals surface area contributed by atoms with Crippen molar-refractivity contribution in [1.82, 2.24) is 9.44 Å². The van der Waals surface area contributed by atoms with Gasteiger partial charge in [-0.3, -0.25) is 4.79 Å². The van der Waals surface area contributed by atoms with Gasteiger partial charge >= 0.3 is 5.97 Å². The van der Waals surface area contributed by atoms with Crippen LogP contribution in [0.15, 0.2) is 0 Å². The number of carbonyl (C=O) groups is 1. The van der Waals surface area contributed by atoms with E-state index in [1.54, 1.807) is 6.92 Å². The third-order valence-electron chi connectivity index (χ3n) is 2.44. The van der Waals surface area contributed by atoms with Crippen molar-refractivity contribution in [3.05, 3.63) is 0 Å². The van der Waals surface area contributed by atoms with Crippen molar-refractivity contribution in [1.29, 1.82) is 0 Å². The molecule has 0 unspecified atom stereocenters. The molecule has 0 bridgehead atoms. The second kappa shape index (κ2) is 6.93. The van der Waals surface area contributed by atoms with Gasteiger partial charge in [-0.1, -0.05) is 34.1 Å². The Labute approximate surface area is 103 Å². The zero-order valence-electron chi connectivity index (χ0n) is 10.7. The Morgan fingerprint density at radius 1 is 1.29 bits per heavy atom. The molecule has 0 spiro atoms. The van der Waals surface area contributed by atoms with Crippen LogP contribution in [0.25, 0.3) is 0 Å². The summed E-state index contributed by atoms with van der Waals surface area (Å²) in [4.78, 5) is 11.0. The van der Waals surface area contributed by atoms with Gasteiger partial charge < -0.3 is 5.11 Å². The number of hydrogen-bond acceptors (Lipinski definition) is 3. The first-order chi connectivity index (χ1) is 7.69. The highest BCUT2D eigenvalue weighted by atomic mass is 32.2. The lowest BCUT2D eigenvalue weighted by Gasteiger charge is -2.20. The quantitative estimate of drug-likeness (QED) is 0.598. The molecule has 0 aromatic heterocycles. The monoisotopic (exact) mass is 266 g/mol. The highest BCUT2D eigenvalue weighted by Gasteiger charge is 2.28. The van der Waals surface area contributed by atoms with Crippen LogP contribution in [0.3, 0.4) is 0 Å². The van der Waals surface area contributed by atoms with Gasteiger partial charge in [0.2, 0.25) is 0 Å². The first-order valence-corrected chi connectivity index (χ1v) is 7.17. The fourth-order valence-electron chi connectivity index (χ4n) is 1.13. The van der Waals surface area contributed by atoms with E-state index in [0.29, 0.717) is 6.42 Å². The molecule has 0 saturated carbocycles. The molecule has 0 aliphatic rings. The van der Waals surface area contributed by atoms with Crippen molar-refractivity contribution in [3.63, 3.8) is 0 Å². The van der Waals surface area contributed by atoms with Crippen LogP contribution in [0.5, 0.6) is 0 Å². The third kappa shape index (κ3) is 6.60. The predicted molar refractivity (Wildman–Crippen MR) is 65.8 cm³/mol. The Bertz CT molecular complexity index is 340. The molecule has 0 fully saturated rings. The van der Waals surface area contributed by atoms with E-state index in [4.69, 9.17) is 5.11 Å². The molecule has 0 aromatic carbocycles. The SMILES string of the molecule is CC[C@H](C)[C@H](NS(=O)(=O)NCC(C)C)C(=O)O. The van der Waals surface area contributed by atoms with E-state index < -0.39 is 22.2 Å². The van der Waals surface area contributed by atoms with Crippen molar-refractivity contribution in [3.8, 4) is 0 Å². The lowest BCUT2D eigenvalue weighted by Crippen LogP contribution is -2.49. The zero-order valence-corrected chi connectivity index (χ0v) is 11.5. The van der Waals surface area contributed by atoms with Gasteiger partial charge in [0.15, 0.2) is 0 Å². The molecule has 0 saturated heterocycles. The summed E-state index contributed by atoms with van der Waals surface area (Å²) in [5.41, 5.74) is 0. The van der Waals surface area contributed by atoms with Crippen LogP contribution in [-0.2, 0) is 15.0 Å². The number of aliphatic carboxylic acids is 1. The van der Waals surface area contributed by atoms with Gasteiger partial charge in [0.1, 0.15) is 6.04 Å². The second-order valence-corrected chi connectivity index (χ2v) is 6.10. The van der Waals surface area contributed by atoms with Gasteiger partial charge in [0.05, 0.1) is 0 Å². The number of carboxylic acids is 1. The molecule has 3 N–H and O–H groups in total. The zero-order chi connectivity index (χ0) is 13.6. The fraction of sp³-hybridized carbons (Fsp3) is 0.900. The Kier molecular flexibility index (Phi) is 6.66. The average molecular weight is 266 g/mol. The van der Waals surface area contributed by atoms with Gasteiger partial charge in [-0.15, -0.1) is 0 Å². The van der Waals surface area contributed by atoms with Gasteiger partial charge in [-0.25, -0.2) is 4.72 Å². The smallest absolute Gasteiger partial charge is 0.322 e. The maximum absolute atomic E-state index is 11.6. The van der Waals surface area contributed by atoms with Gasteiger partial charge in [-0.2, -0.15) is 13.1 Å². The van der Waals surface area contributed by atoms with Gasteiger partial charge in [-0.05, 0) is 11.8 Å². The summed E-state index contributed by atoms with van der Waals surface area (Å²) in [6.45, 7) is 7.53. The highest BCUT2D eigenvalue weighted by molar-refractivity contribution is 7.87. The number of nitrogens with one attached hydrogen (secondary N) is 2. The summed E-state index contributed by atoms with van der Waals surface area (Å²) in [6, 6.07) is -1.09. The van der Waals surface area contributed by atoms with Crippen molar-refractivity contribution < 1.29 is 18.3 Å². The Balaban J connectivity index is 4.59. The summed E-state index contributed by atoms with van der Waals surface area (Å²) >= 11 is 0. The molecular weight excluding hydrogens is 244 g/mol. The molecule has 102 valence electrons. The van der Waals surface area contributed by atoms with Crippen LogP contribution in [0.4, 0.5) is 0 Å². The maximum atomic E-state index is 11.6. The Morgan fingerprint density at radius 3 is 2.18 bits per heavy atom. The minimum Gasteiger partial charge on any atom is -0.480 e. The summed E-state index contributed by atoms with van der Waals surface area (Å²) in [5, 5.41) is 8.96. The van der Waals surface area contributed by atoms with Crippen molar-refractivity contribution in [2.75, 3.05) is 6.54 Å². The number of hydrogen-bond donors (Lipinski definition) is 3. The van der Waals surface area contributed by atoms with Gasteiger partial charge in [0, 0.05) is 6.54 Å². The first kappa shape index (κ1) is 16.3. The topological polar surface area (TPSA) is 95.5 Å². The Hall–Kier alpha value is -0.660. The largest absolute Gasteiger partial charge is 0.480 e. The van der Waals surface area contributed by atoms with Crippen LogP contribution in [0.1, 0.15) is 34.1 Å². The molecule has 17 heavy (non-hydrogen) atoms. The first-order valence-electron chi connectivity index (χ1n) is 5.69. The van der Waals surface area contributed by atoms with E-state index in [-0.39, 0.29) is 18.4 Å². The molecular formula is C10H22N2O4S. The molecule has 0 aromatic rings. The van der Waals surface area contributed by atoms with E-state index in [9.17, 15) is 13.2 Å². The van der Waals surface area contributed by atoms with Crippen LogP contribution >= 0.6 is 0 Å². The average Bonchev–Trinajstić information content (AvgIpc) is 2.22. The third-order valence-corrected chi connectivity index (χ3v) is 3.55. The van der Waals surface area contributed by atoms with Crippen LogP contribution < -0.4 is 9.44 Å². The minimum absolute atomic E-state index is 0.165. The normalized spacial score (nSPS) is 15.8. The summed E-state index contributed by atoms with van der Waals surface area (Å²) < 4.78 is 27.7. The van der Waals surface area contributed by atoms with Crippen LogP contribution in [-0.4, -0.2) is 32.1 Å². The fourth-order valence-corrected chi connectivity index (χ4v) is 2.43. The van der Waals surface area contributed by atoms with E-state index in [1.807, 2.05) is 20.8 Å². The molecule has 6 nitrogen and oxygen atoms in total. The lowest BCUT2D eigenvalue weighted by molar-refractivity contribution is -0.140. The van der Waals surface area contributed by atoms with Crippen molar-refractivity contribution in [2.24, 2.45) is 11.8 Å². The summed E-state index contributed by atoms with van der Waals surface area (Å²) in [7, 11) is -3.76. The van der Waals surface area contributed by atoms with Crippen molar-refractivity contribution in [2.45, 2.75) is 40.2 Å². The molecule has 0 aliphatic heterocycles. The van der Waals surface area contributed by atoms with Gasteiger partial charge in [0.25, 0.3) is 10.2 Å². The summed E-state index contributed by atoms with van der Waals surface area (Å²) in [5.74, 6) is -1.25. The molecule has 0 rings (SSSR count). The van der Waals surface area contributed by atoms with Crippen molar-refractivity contribution >= 4 is 16.2 Å². The van der Waals surface area contributed by atoms with Crippen LogP contribution in [0, 0.1) is 11.8 Å². The molecule has 7 heteroatoms. The van der Waals surface area contributed by atoms with Crippen LogP contribution in [0.2, 0.25) is 0 Å². The number of carboxylic acid groups (broad SMARTS) is 1. The minimum atomic E-state index is -3.76. The second-order valence-electron chi connectivity index (χ2n) is 4.57. The molecule has 0 radical (unpaired) electrons. The molecule has 0 aliphatic carbocycles. The predicted octanol–water partition coefficient (Wildman–Crippen LogP) is 0.566. The highest BCUT2D eigenvalue weighted by Crippen LogP contribution is 2.08. The van der Waals surface area contributed by atoms with E-state index in [1.165, 1.54) is 0 Å². The molecule has 0 heterocycles. The Morgan fingerprint density at radius 2 is 1.82 bits per heavy atom. The summed E-state index contributed by atoms with van der Waals surface area (Å²) in [6.07, 6.45) is 0.587. The molecule has 2 atom stereocenters. The lowest BCUT2D eigenvalue weighted by atomic mass is 10.0. The standard InChI is InChI=1S/C10H22N2O4S/c1-5-8(4)9(10(13)14)12-17(15,16)11-6-7(2)3/h7-9,11-12H,5-6H2,1-4H3,(H,13,14)/t8-,9-/m0/s1.